The molecule has 2 aliphatic rings. The Hall–Kier alpha value is -4.35. The average molecular weight is 644 g/mol. The van der Waals surface area contributed by atoms with Crippen molar-refractivity contribution in [3.63, 3.8) is 0 Å². The van der Waals surface area contributed by atoms with Crippen LogP contribution in [0.4, 0.5) is 5.13 Å². The Morgan fingerprint density at radius 3 is 2.64 bits per heavy atom. The number of hydrogen-bond donors (Lipinski definition) is 1. The van der Waals surface area contributed by atoms with E-state index in [0.29, 0.717) is 52.4 Å². The summed E-state index contributed by atoms with van der Waals surface area (Å²) >= 11 is 2.72. The number of nitrogens with zero attached hydrogens (tertiary/aromatic N) is 3. The number of ketones is 1. The van der Waals surface area contributed by atoms with Gasteiger partial charge in [0.25, 0.3) is 5.78 Å². The summed E-state index contributed by atoms with van der Waals surface area (Å²) in [5.41, 5.74) is 3.01. The van der Waals surface area contributed by atoms with Gasteiger partial charge < -0.3 is 19.3 Å². The van der Waals surface area contributed by atoms with E-state index in [2.05, 4.69) is 10.2 Å². The quantitative estimate of drug-likeness (QED) is 0.0609. The standard InChI is InChI=1S/C34H33N3O6S2/c1-4-15-42-26-14-11-22(18-27(26)41-5-2)29-28(30(38)23-12-13-25-24(17-23)16-20(3)43-25)31(39)32(40)37(29)33-35-36-34(45-33)44-19-21-9-7-6-8-10-21/h6-14,17-18,20,29,38H,4-5,15-16,19H2,1-3H3/t20-,29-/m1/s1. The van der Waals surface area contributed by atoms with Gasteiger partial charge in [-0.05, 0) is 67.3 Å². The number of ether oxygens (including phenoxy) is 3. The largest absolute Gasteiger partial charge is 0.507 e. The van der Waals surface area contributed by atoms with Crippen LogP contribution < -0.4 is 19.1 Å². The zero-order valence-electron chi connectivity index (χ0n) is 25.2. The summed E-state index contributed by atoms with van der Waals surface area (Å²) in [5, 5.41) is 20.6. The van der Waals surface area contributed by atoms with Gasteiger partial charge >= 0.3 is 5.91 Å². The average Bonchev–Trinajstić information content (AvgIpc) is 3.74. The number of Topliss-reactive ketones (excluding diaryl/α,β-unsaturated/α-hetero) is 1. The van der Waals surface area contributed by atoms with E-state index in [-0.39, 0.29) is 22.6 Å². The minimum absolute atomic E-state index is 0.0137. The molecule has 0 bridgehead atoms. The highest BCUT2D eigenvalue weighted by molar-refractivity contribution is 8.00. The van der Waals surface area contributed by atoms with Gasteiger partial charge in [0.1, 0.15) is 17.6 Å². The van der Waals surface area contributed by atoms with Gasteiger partial charge in [0.2, 0.25) is 5.13 Å². The van der Waals surface area contributed by atoms with Crippen molar-refractivity contribution in [2.45, 2.75) is 55.9 Å². The second kappa shape index (κ2) is 13.3. The minimum atomic E-state index is -0.979. The fourth-order valence-electron chi connectivity index (χ4n) is 5.44. The lowest BCUT2D eigenvalue weighted by atomic mass is 9.94. The van der Waals surface area contributed by atoms with Crippen LogP contribution in [-0.2, 0) is 21.8 Å². The number of carbonyl (C=O) groups excluding carboxylic acids is 2. The third-order valence-corrected chi connectivity index (χ3v) is 9.59. The molecule has 1 saturated heterocycles. The van der Waals surface area contributed by atoms with Crippen LogP contribution in [0.2, 0.25) is 0 Å². The molecule has 232 valence electrons. The van der Waals surface area contributed by atoms with Crippen molar-refractivity contribution in [3.8, 4) is 17.2 Å². The Labute approximate surface area is 269 Å². The number of thioether (sulfide) groups is 1. The molecule has 1 aromatic heterocycles. The highest BCUT2D eigenvalue weighted by atomic mass is 32.2. The number of aromatic nitrogens is 2. The summed E-state index contributed by atoms with van der Waals surface area (Å²) in [5.74, 6) is 0.595. The Bertz CT molecular complexity index is 1760. The van der Waals surface area contributed by atoms with E-state index < -0.39 is 17.7 Å². The fourth-order valence-corrected chi connectivity index (χ4v) is 7.27. The van der Waals surface area contributed by atoms with Crippen LogP contribution in [0.5, 0.6) is 17.2 Å². The van der Waals surface area contributed by atoms with Crippen LogP contribution >= 0.6 is 23.1 Å². The topological polar surface area (TPSA) is 111 Å². The summed E-state index contributed by atoms with van der Waals surface area (Å²) in [6.45, 7) is 6.76. The van der Waals surface area contributed by atoms with Gasteiger partial charge in [0, 0.05) is 17.7 Å². The Kier molecular flexibility index (Phi) is 9.09. The van der Waals surface area contributed by atoms with Gasteiger partial charge in [-0.3, -0.25) is 14.5 Å². The summed E-state index contributed by atoms with van der Waals surface area (Å²) < 4.78 is 18.3. The predicted molar refractivity (Wildman–Crippen MR) is 174 cm³/mol. The molecule has 4 aromatic rings. The molecule has 1 amide bonds. The summed E-state index contributed by atoms with van der Waals surface area (Å²) in [7, 11) is 0. The second-order valence-electron chi connectivity index (χ2n) is 10.7. The lowest BCUT2D eigenvalue weighted by Gasteiger charge is -2.23. The Morgan fingerprint density at radius 2 is 1.87 bits per heavy atom. The molecule has 6 rings (SSSR count). The number of rotatable bonds is 11. The van der Waals surface area contributed by atoms with E-state index in [9.17, 15) is 14.7 Å². The van der Waals surface area contributed by atoms with Crippen LogP contribution in [0.3, 0.4) is 0 Å². The maximum atomic E-state index is 13.8. The van der Waals surface area contributed by atoms with Gasteiger partial charge in [-0.1, -0.05) is 66.4 Å². The van der Waals surface area contributed by atoms with Gasteiger partial charge in [0.05, 0.1) is 24.8 Å². The molecule has 1 N–H and O–H groups in total. The van der Waals surface area contributed by atoms with E-state index in [1.54, 1.807) is 30.3 Å². The second-order valence-corrected chi connectivity index (χ2v) is 12.9. The molecule has 3 heterocycles. The van der Waals surface area contributed by atoms with Crippen molar-refractivity contribution >= 4 is 45.7 Å². The SMILES string of the molecule is CCCOc1ccc([C@@H]2C(=C(O)c3ccc4c(c3)C[C@@H](C)O4)C(=O)C(=O)N2c2nnc(SCc3ccccc3)s2)cc1OCC. The van der Waals surface area contributed by atoms with Crippen LogP contribution in [0.1, 0.15) is 55.5 Å². The van der Waals surface area contributed by atoms with Gasteiger partial charge in [-0.2, -0.15) is 0 Å². The van der Waals surface area contributed by atoms with Crippen molar-refractivity contribution in [1.29, 1.82) is 0 Å². The molecule has 1 fully saturated rings. The summed E-state index contributed by atoms with van der Waals surface area (Å²) in [6, 6.07) is 19.6. The Balaban J connectivity index is 1.43. The zero-order chi connectivity index (χ0) is 31.5. The van der Waals surface area contributed by atoms with Crippen molar-refractivity contribution in [1.82, 2.24) is 10.2 Å². The minimum Gasteiger partial charge on any atom is -0.507 e. The van der Waals surface area contributed by atoms with Gasteiger partial charge in [-0.25, -0.2) is 0 Å². The van der Waals surface area contributed by atoms with Crippen molar-refractivity contribution in [3.05, 3.63) is 94.6 Å². The number of amides is 1. The first-order valence-corrected chi connectivity index (χ1v) is 16.7. The third-order valence-electron chi connectivity index (χ3n) is 7.47. The number of carbonyl (C=O) groups is 2. The number of aliphatic hydroxyl groups is 1. The number of aliphatic hydroxyl groups excluding tert-OH is 1. The number of anilines is 1. The normalized spacial score (nSPS) is 18.6. The maximum absolute atomic E-state index is 13.8. The van der Waals surface area contributed by atoms with E-state index in [0.717, 1.165) is 23.3 Å². The third kappa shape index (κ3) is 6.27. The first-order chi connectivity index (χ1) is 21.9. The van der Waals surface area contributed by atoms with Crippen molar-refractivity contribution in [2.75, 3.05) is 18.1 Å². The number of fused-ring (bicyclic) bond motifs is 1. The molecule has 11 heteroatoms. The highest BCUT2D eigenvalue weighted by Gasteiger charge is 2.48. The first-order valence-electron chi connectivity index (χ1n) is 14.9. The van der Waals surface area contributed by atoms with E-state index in [1.807, 2.05) is 57.2 Å². The molecule has 9 nitrogen and oxygen atoms in total. The van der Waals surface area contributed by atoms with E-state index in [1.165, 1.54) is 28.0 Å². The molecule has 45 heavy (non-hydrogen) atoms. The summed E-state index contributed by atoms with van der Waals surface area (Å²) in [6.07, 6.45) is 1.51. The van der Waals surface area contributed by atoms with Crippen LogP contribution in [0, 0.1) is 0 Å². The lowest BCUT2D eigenvalue weighted by Crippen LogP contribution is -2.29. The van der Waals surface area contributed by atoms with E-state index >= 15 is 0 Å². The molecule has 0 spiro atoms. The maximum Gasteiger partial charge on any atom is 0.301 e. The van der Waals surface area contributed by atoms with Crippen LogP contribution in [-0.4, -0.2) is 46.3 Å². The number of benzene rings is 3. The van der Waals surface area contributed by atoms with Gasteiger partial charge in [-0.15, -0.1) is 10.2 Å². The molecule has 2 atom stereocenters. The summed E-state index contributed by atoms with van der Waals surface area (Å²) in [4.78, 5) is 28.9. The predicted octanol–water partition coefficient (Wildman–Crippen LogP) is 6.97. The van der Waals surface area contributed by atoms with Crippen molar-refractivity contribution in [2.24, 2.45) is 0 Å². The highest BCUT2D eigenvalue weighted by Crippen LogP contribution is 2.46. The monoisotopic (exact) mass is 643 g/mol. The fraction of sp³-hybridized carbons (Fsp3) is 0.294. The first kappa shape index (κ1) is 30.7. The van der Waals surface area contributed by atoms with Crippen LogP contribution in [0.15, 0.2) is 76.6 Å². The molecule has 0 unspecified atom stereocenters. The van der Waals surface area contributed by atoms with E-state index in [4.69, 9.17) is 14.2 Å². The smallest absolute Gasteiger partial charge is 0.301 e. The molecule has 0 aliphatic carbocycles. The Morgan fingerprint density at radius 1 is 1.04 bits per heavy atom. The molecular formula is C34H33N3O6S2. The van der Waals surface area contributed by atoms with Gasteiger partial charge in [0.15, 0.2) is 15.8 Å². The molecule has 3 aromatic carbocycles. The zero-order valence-corrected chi connectivity index (χ0v) is 26.8. The van der Waals surface area contributed by atoms with Crippen LogP contribution in [0.25, 0.3) is 5.76 Å². The molecule has 0 saturated carbocycles. The lowest BCUT2D eigenvalue weighted by molar-refractivity contribution is -0.132. The number of hydrogen-bond acceptors (Lipinski definition) is 10. The van der Waals surface area contributed by atoms with Crippen molar-refractivity contribution < 1.29 is 28.9 Å². The molecular weight excluding hydrogens is 611 g/mol. The molecule has 0 radical (unpaired) electrons. The molecule has 2 aliphatic heterocycles.